The number of hydrogen-bond acceptors (Lipinski definition) is 1. The van der Waals surface area contributed by atoms with Crippen molar-refractivity contribution in [3.05, 3.63) is 278 Å². The van der Waals surface area contributed by atoms with Crippen molar-refractivity contribution in [3.8, 4) is 66.8 Å². The molecule has 320 valence electrons. The Bertz CT molecular complexity index is 4110. The first-order chi connectivity index (χ1) is 37.0. The number of fused-ring (bicyclic) bond motifs is 4. The van der Waals surface area contributed by atoms with Gasteiger partial charge < -0.3 is 4.90 Å². The first-order valence-corrected chi connectivity index (χ1v) is 22.9. The van der Waals surface area contributed by atoms with Crippen LogP contribution in [-0.4, -0.2) is 0 Å². The molecule has 0 amide bonds. The van der Waals surface area contributed by atoms with Crippen LogP contribution in [0, 0.1) is 0 Å². The van der Waals surface area contributed by atoms with Crippen LogP contribution in [0.2, 0.25) is 0 Å². The zero-order valence-corrected chi connectivity index (χ0v) is 37.0. The van der Waals surface area contributed by atoms with Crippen LogP contribution in [0.4, 0.5) is 11.4 Å². The molecule has 0 radical (unpaired) electrons. The van der Waals surface area contributed by atoms with Crippen LogP contribution >= 0.6 is 0 Å². The zero-order chi connectivity index (χ0) is 52.2. The lowest BCUT2D eigenvalue weighted by molar-refractivity contribution is 0.976. The molecule has 0 atom stereocenters. The summed E-state index contributed by atoms with van der Waals surface area (Å²) in [5.41, 5.74) is 9.74. The van der Waals surface area contributed by atoms with Gasteiger partial charge in [0.1, 0.15) is 0 Å². The van der Waals surface area contributed by atoms with Gasteiger partial charge in [-0.2, -0.15) is 0 Å². The molecule has 0 fully saturated rings. The molecule has 0 aliphatic heterocycles. The third-order valence-corrected chi connectivity index (χ3v) is 12.8. The van der Waals surface area contributed by atoms with Gasteiger partial charge in [-0.05, 0) is 159 Å². The van der Waals surface area contributed by atoms with E-state index < -0.39 is 0 Å². The van der Waals surface area contributed by atoms with Crippen molar-refractivity contribution in [2.75, 3.05) is 4.90 Å². The van der Waals surface area contributed by atoms with E-state index in [1.807, 2.05) is 146 Å². The average molecular weight is 874 g/mol. The Kier molecular flexibility index (Phi) is 8.63. The third kappa shape index (κ3) is 8.12. The summed E-state index contributed by atoms with van der Waals surface area (Å²) < 4.78 is 76.6. The summed E-state index contributed by atoms with van der Waals surface area (Å²) in [5.74, 6) is 0. The standard InChI is InChI=1S/C67H47N/c1-3-13-48(14-4-1)59-43-60(49-15-5-2-6-16-49)45-61(44-59)52-33-38-63(39-34-52)68(62-36-31-51(32-37-62)56-35-40-67-58(42-56)30-29-54-18-8-10-23-65(54)67)46-47-25-27-50(28-26-47)55-20-11-21-57(41-55)66-24-12-19-53-17-7-9-22-64(53)66/h1-45H,46H2/i25D,26D,27D,28D,31D,32D,36D,37D. The molecule has 68 heavy (non-hydrogen) atoms. The highest BCUT2D eigenvalue weighted by atomic mass is 15.1. The monoisotopic (exact) mass is 873 g/mol. The zero-order valence-electron chi connectivity index (χ0n) is 45.0. The molecule has 12 aromatic rings. The molecule has 0 aliphatic rings. The van der Waals surface area contributed by atoms with E-state index in [0.717, 1.165) is 76.8 Å². The van der Waals surface area contributed by atoms with Gasteiger partial charge in [-0.25, -0.2) is 0 Å². The van der Waals surface area contributed by atoms with Gasteiger partial charge in [0.2, 0.25) is 0 Å². The van der Waals surface area contributed by atoms with Gasteiger partial charge in [0.25, 0.3) is 0 Å². The van der Waals surface area contributed by atoms with Gasteiger partial charge in [-0.1, -0.05) is 218 Å². The molecular weight excluding hydrogens is 819 g/mol. The molecule has 0 bridgehead atoms. The largest absolute Gasteiger partial charge is 0.337 e. The summed E-state index contributed by atoms with van der Waals surface area (Å²) in [5, 5.41) is 6.19. The van der Waals surface area contributed by atoms with Crippen molar-refractivity contribution in [2.45, 2.75) is 6.54 Å². The SMILES string of the molecule is [2H]c1c([2H])c(-c2cccc(-c3cccc4ccccc34)c2)c([2H])c([2H])c1CN(c1ccc(-c2cc(-c3ccccc3)cc(-c3ccccc3)c2)cc1)c1c([2H])c([2H])c(-c2ccc3c(ccc4ccccc43)c2)c([2H])c1[2H]. The molecule has 1 nitrogen and oxygen atoms in total. The lowest BCUT2D eigenvalue weighted by Crippen LogP contribution is -2.16. The van der Waals surface area contributed by atoms with E-state index in [1.54, 1.807) is 11.0 Å². The van der Waals surface area contributed by atoms with Crippen molar-refractivity contribution in [1.29, 1.82) is 0 Å². The Morgan fingerprint density at radius 1 is 0.265 bits per heavy atom. The van der Waals surface area contributed by atoms with Crippen molar-refractivity contribution in [2.24, 2.45) is 0 Å². The molecule has 1 heteroatoms. The molecule has 0 N–H and O–H groups in total. The van der Waals surface area contributed by atoms with Crippen LogP contribution in [0.5, 0.6) is 0 Å². The van der Waals surface area contributed by atoms with E-state index in [0.29, 0.717) is 16.8 Å². The molecule has 0 spiro atoms. The number of nitrogens with zero attached hydrogens (tertiary/aromatic N) is 1. The maximum Gasteiger partial charge on any atom is 0.0645 e. The van der Waals surface area contributed by atoms with Gasteiger partial charge in [-0.15, -0.1) is 0 Å². The van der Waals surface area contributed by atoms with E-state index in [-0.39, 0.29) is 77.3 Å². The van der Waals surface area contributed by atoms with Crippen molar-refractivity contribution in [3.63, 3.8) is 0 Å². The highest BCUT2D eigenvalue weighted by Crippen LogP contribution is 2.38. The van der Waals surface area contributed by atoms with Crippen molar-refractivity contribution < 1.29 is 11.0 Å². The predicted molar refractivity (Wildman–Crippen MR) is 290 cm³/mol. The number of hydrogen-bond donors (Lipinski definition) is 0. The van der Waals surface area contributed by atoms with Gasteiger partial charge >= 0.3 is 0 Å². The van der Waals surface area contributed by atoms with Gasteiger partial charge in [0.15, 0.2) is 0 Å². The summed E-state index contributed by atoms with van der Waals surface area (Å²) in [6.45, 7) is -0.300. The van der Waals surface area contributed by atoms with Crippen LogP contribution in [0.1, 0.15) is 16.5 Å². The van der Waals surface area contributed by atoms with E-state index in [4.69, 9.17) is 0 Å². The quantitative estimate of drug-likeness (QED) is 0.124. The highest BCUT2D eigenvalue weighted by Gasteiger charge is 2.15. The topological polar surface area (TPSA) is 3.24 Å². The van der Waals surface area contributed by atoms with Gasteiger partial charge in [-0.3, -0.25) is 0 Å². The fraction of sp³-hybridized carbons (Fsp3) is 0.0149. The molecule has 12 aromatic carbocycles. The second kappa shape index (κ2) is 17.9. The maximum absolute atomic E-state index is 9.71. The fourth-order valence-electron chi connectivity index (χ4n) is 9.32. The first kappa shape index (κ1) is 32.8. The van der Waals surface area contributed by atoms with E-state index >= 15 is 0 Å². The number of rotatable bonds is 10. The van der Waals surface area contributed by atoms with Crippen LogP contribution < -0.4 is 4.90 Å². The summed E-state index contributed by atoms with van der Waals surface area (Å²) in [4.78, 5) is 1.60. The molecule has 0 saturated carbocycles. The number of anilines is 2. The molecular formula is C67H47N. The Morgan fingerprint density at radius 3 is 1.40 bits per heavy atom. The van der Waals surface area contributed by atoms with Crippen molar-refractivity contribution in [1.82, 2.24) is 0 Å². The van der Waals surface area contributed by atoms with Crippen LogP contribution in [0.3, 0.4) is 0 Å². The normalized spacial score (nSPS) is 12.9. The Morgan fingerprint density at radius 2 is 0.721 bits per heavy atom. The average Bonchev–Trinajstić information content (AvgIpc) is 3.52. The number of benzene rings is 12. The highest BCUT2D eigenvalue weighted by molar-refractivity contribution is 6.08. The van der Waals surface area contributed by atoms with Gasteiger partial charge in [0.05, 0.1) is 11.0 Å². The molecule has 0 saturated heterocycles. The maximum atomic E-state index is 9.71. The van der Waals surface area contributed by atoms with Crippen LogP contribution in [0.25, 0.3) is 99.1 Å². The first-order valence-electron chi connectivity index (χ1n) is 26.9. The molecule has 0 aliphatic carbocycles. The fourth-order valence-corrected chi connectivity index (χ4v) is 9.32. The van der Waals surface area contributed by atoms with E-state index in [1.165, 1.54) is 0 Å². The second-order valence-corrected chi connectivity index (χ2v) is 17.1. The van der Waals surface area contributed by atoms with E-state index in [9.17, 15) is 11.0 Å². The summed E-state index contributed by atoms with van der Waals surface area (Å²) >= 11 is 0. The minimum absolute atomic E-state index is 0.0405. The smallest absolute Gasteiger partial charge is 0.0645 e. The van der Waals surface area contributed by atoms with Crippen molar-refractivity contribution >= 4 is 43.7 Å². The third-order valence-electron chi connectivity index (χ3n) is 12.8. The Labute approximate surface area is 409 Å². The van der Waals surface area contributed by atoms with E-state index in [2.05, 4.69) is 72.8 Å². The molecule has 12 rings (SSSR count). The molecule has 0 aromatic heterocycles. The molecule has 0 heterocycles. The lowest BCUT2D eigenvalue weighted by Gasteiger charge is -2.26. The predicted octanol–water partition coefficient (Wildman–Crippen LogP) is 18.5. The minimum atomic E-state index is -0.307. The summed E-state index contributed by atoms with van der Waals surface area (Å²) in [7, 11) is 0. The Hall–Kier alpha value is -8.78. The second-order valence-electron chi connectivity index (χ2n) is 17.1. The van der Waals surface area contributed by atoms with Gasteiger partial charge in [0, 0.05) is 17.9 Å². The lowest BCUT2D eigenvalue weighted by atomic mass is 9.93. The minimum Gasteiger partial charge on any atom is -0.337 e. The van der Waals surface area contributed by atoms with Crippen LogP contribution in [-0.2, 0) is 6.54 Å². The van der Waals surface area contributed by atoms with Crippen LogP contribution in [0.15, 0.2) is 273 Å². The summed E-state index contributed by atoms with van der Waals surface area (Å²) in [6, 6.07) is 72.0. The summed E-state index contributed by atoms with van der Waals surface area (Å²) in [6.07, 6.45) is 0. The Balaban J connectivity index is 0.990. The molecule has 0 unspecified atom stereocenters.